The molecule has 1 aromatic rings. The van der Waals surface area contributed by atoms with Crippen LogP contribution in [0.1, 0.15) is 51.2 Å². The van der Waals surface area contributed by atoms with Crippen molar-refractivity contribution in [3.8, 4) is 0 Å². The number of aryl methyl sites for hydroxylation is 1. The van der Waals surface area contributed by atoms with Gasteiger partial charge in [0, 0.05) is 12.1 Å². The second kappa shape index (κ2) is 6.46. The molecule has 1 aliphatic rings. The molecule has 21 heavy (non-hydrogen) atoms. The first-order chi connectivity index (χ1) is 9.95. The molecule has 2 atom stereocenters. The highest BCUT2D eigenvalue weighted by atomic mass is 32.2. The summed E-state index contributed by atoms with van der Waals surface area (Å²) in [6.45, 7) is 5.84. The van der Waals surface area contributed by atoms with Gasteiger partial charge in [0.25, 0.3) is 0 Å². The van der Waals surface area contributed by atoms with Gasteiger partial charge in [-0.3, -0.25) is 0 Å². The van der Waals surface area contributed by atoms with Crippen LogP contribution < -0.4 is 0 Å². The number of hydrogen-bond acceptors (Lipinski definition) is 3. The first-order valence-corrected chi connectivity index (χ1v) is 9.15. The molecule has 2 unspecified atom stereocenters. The van der Waals surface area contributed by atoms with E-state index in [9.17, 15) is 13.5 Å². The molecule has 0 aliphatic carbocycles. The Morgan fingerprint density at radius 2 is 2.00 bits per heavy atom. The fraction of sp³-hybridized carbons (Fsp3) is 0.625. The average molecular weight is 311 g/mol. The van der Waals surface area contributed by atoms with Crippen LogP contribution in [0.5, 0.6) is 0 Å². The van der Waals surface area contributed by atoms with Crippen molar-refractivity contribution in [2.75, 3.05) is 0 Å². The van der Waals surface area contributed by atoms with Gasteiger partial charge >= 0.3 is 0 Å². The van der Waals surface area contributed by atoms with E-state index in [1.165, 1.54) is 0 Å². The van der Waals surface area contributed by atoms with Gasteiger partial charge in [0.1, 0.15) is 0 Å². The molecule has 5 heteroatoms. The van der Waals surface area contributed by atoms with Crippen LogP contribution in [-0.2, 0) is 23.1 Å². The third-order valence-electron chi connectivity index (χ3n) is 4.43. The summed E-state index contributed by atoms with van der Waals surface area (Å²) in [6, 6.07) is 5.38. The van der Waals surface area contributed by atoms with E-state index in [1.807, 2.05) is 26.8 Å². The largest absolute Gasteiger partial charge is 0.392 e. The molecule has 2 rings (SSSR count). The number of aliphatic hydroxyl groups excluding tert-OH is 1. The highest BCUT2D eigenvalue weighted by Crippen LogP contribution is 2.34. The van der Waals surface area contributed by atoms with Gasteiger partial charge in [0.15, 0.2) is 0 Å². The maximum Gasteiger partial charge on any atom is 0.243 e. The number of hydrogen-bond donors (Lipinski definition) is 1. The fourth-order valence-corrected chi connectivity index (χ4v) is 5.51. The molecule has 0 bridgehead atoms. The summed E-state index contributed by atoms with van der Waals surface area (Å²) in [6.07, 6.45) is 3.35. The summed E-state index contributed by atoms with van der Waals surface area (Å²) in [5, 5.41) is 9.30. The summed E-state index contributed by atoms with van der Waals surface area (Å²) < 4.78 is 27.9. The standard InChI is InChI=1S/C16H25NO3S/c1-4-14-8-7-13(11-18)10-16(14)21(19,20)17-12(3)6-9-15(17)5-2/h7-8,10,12,15,18H,4-6,9,11H2,1-3H3. The van der Waals surface area contributed by atoms with E-state index in [1.54, 1.807) is 16.4 Å². The molecule has 118 valence electrons. The molecule has 0 radical (unpaired) electrons. The summed E-state index contributed by atoms with van der Waals surface area (Å²) in [4.78, 5) is 0.365. The van der Waals surface area contributed by atoms with Crippen molar-refractivity contribution < 1.29 is 13.5 Å². The van der Waals surface area contributed by atoms with E-state index in [0.717, 1.165) is 24.8 Å². The summed E-state index contributed by atoms with van der Waals surface area (Å²) in [7, 11) is -3.50. The number of nitrogens with zero attached hydrogens (tertiary/aromatic N) is 1. The minimum absolute atomic E-state index is 0.0439. The SMILES string of the molecule is CCc1ccc(CO)cc1S(=O)(=O)N1C(C)CCC1CC. The number of benzene rings is 1. The Morgan fingerprint density at radius 1 is 1.29 bits per heavy atom. The zero-order valence-electron chi connectivity index (χ0n) is 13.0. The lowest BCUT2D eigenvalue weighted by atomic mass is 10.1. The highest BCUT2D eigenvalue weighted by molar-refractivity contribution is 7.89. The lowest BCUT2D eigenvalue weighted by Gasteiger charge is -2.28. The van der Waals surface area contributed by atoms with Gasteiger partial charge in [-0.1, -0.05) is 26.0 Å². The maximum atomic E-state index is 13.1. The Hall–Kier alpha value is -0.910. The minimum Gasteiger partial charge on any atom is -0.392 e. The van der Waals surface area contributed by atoms with Gasteiger partial charge < -0.3 is 5.11 Å². The molecular weight excluding hydrogens is 286 g/mol. The first-order valence-electron chi connectivity index (χ1n) is 7.71. The monoisotopic (exact) mass is 311 g/mol. The lowest BCUT2D eigenvalue weighted by Crippen LogP contribution is -2.40. The van der Waals surface area contributed by atoms with Crippen LogP contribution in [0.2, 0.25) is 0 Å². The molecule has 1 aromatic carbocycles. The van der Waals surface area contributed by atoms with Crippen LogP contribution in [0.25, 0.3) is 0 Å². The molecular formula is C16H25NO3S. The molecule has 4 nitrogen and oxygen atoms in total. The van der Waals surface area contributed by atoms with E-state index in [0.29, 0.717) is 16.9 Å². The smallest absolute Gasteiger partial charge is 0.243 e. The molecule has 1 aliphatic heterocycles. The van der Waals surface area contributed by atoms with E-state index in [4.69, 9.17) is 0 Å². The van der Waals surface area contributed by atoms with Crippen molar-refractivity contribution >= 4 is 10.0 Å². The molecule has 1 saturated heterocycles. The second-order valence-electron chi connectivity index (χ2n) is 5.78. The minimum atomic E-state index is -3.50. The van der Waals surface area contributed by atoms with Crippen LogP contribution in [0.15, 0.2) is 23.1 Å². The Morgan fingerprint density at radius 3 is 2.57 bits per heavy atom. The van der Waals surface area contributed by atoms with Gasteiger partial charge in [-0.05, 0) is 49.8 Å². The van der Waals surface area contributed by atoms with Crippen molar-refractivity contribution in [1.29, 1.82) is 0 Å². The number of sulfonamides is 1. The van der Waals surface area contributed by atoms with E-state index < -0.39 is 10.0 Å². The molecule has 1 heterocycles. The van der Waals surface area contributed by atoms with Crippen LogP contribution in [-0.4, -0.2) is 29.9 Å². The molecule has 0 spiro atoms. The Balaban J connectivity index is 2.52. The van der Waals surface area contributed by atoms with Crippen LogP contribution in [0, 0.1) is 0 Å². The quantitative estimate of drug-likeness (QED) is 0.909. The first kappa shape index (κ1) is 16.5. The predicted molar refractivity (Wildman–Crippen MR) is 83.5 cm³/mol. The Bertz CT molecular complexity index is 598. The molecule has 0 amide bonds. The zero-order chi connectivity index (χ0) is 15.6. The number of rotatable bonds is 5. The number of aliphatic hydroxyl groups is 1. The maximum absolute atomic E-state index is 13.1. The zero-order valence-corrected chi connectivity index (χ0v) is 13.9. The van der Waals surface area contributed by atoms with Crippen molar-refractivity contribution in [3.63, 3.8) is 0 Å². The van der Waals surface area contributed by atoms with Crippen LogP contribution in [0.3, 0.4) is 0 Å². The summed E-state index contributed by atoms with van der Waals surface area (Å²) >= 11 is 0. The third-order valence-corrected chi connectivity index (χ3v) is 6.58. The van der Waals surface area contributed by atoms with Gasteiger partial charge in [-0.15, -0.1) is 0 Å². The highest BCUT2D eigenvalue weighted by Gasteiger charge is 2.39. The lowest BCUT2D eigenvalue weighted by molar-refractivity contribution is 0.281. The van der Waals surface area contributed by atoms with Gasteiger partial charge in [0.2, 0.25) is 10.0 Å². The van der Waals surface area contributed by atoms with Crippen LogP contribution >= 0.6 is 0 Å². The molecule has 0 aromatic heterocycles. The second-order valence-corrected chi connectivity index (χ2v) is 7.59. The average Bonchev–Trinajstić information content (AvgIpc) is 2.88. The molecule has 0 saturated carbocycles. The van der Waals surface area contributed by atoms with Gasteiger partial charge in [-0.2, -0.15) is 4.31 Å². The van der Waals surface area contributed by atoms with Crippen molar-refractivity contribution in [2.45, 2.75) is 70.0 Å². The summed E-state index contributed by atoms with van der Waals surface area (Å²) in [5.74, 6) is 0. The predicted octanol–water partition coefficient (Wildman–Crippen LogP) is 2.69. The Labute approximate surface area is 127 Å². The van der Waals surface area contributed by atoms with E-state index in [2.05, 4.69) is 0 Å². The van der Waals surface area contributed by atoms with E-state index in [-0.39, 0.29) is 18.7 Å². The van der Waals surface area contributed by atoms with Gasteiger partial charge in [0.05, 0.1) is 11.5 Å². The Kier molecular flexibility index (Phi) is 5.07. The van der Waals surface area contributed by atoms with E-state index >= 15 is 0 Å². The summed E-state index contributed by atoms with van der Waals surface area (Å²) in [5.41, 5.74) is 1.46. The van der Waals surface area contributed by atoms with Gasteiger partial charge in [-0.25, -0.2) is 8.42 Å². The van der Waals surface area contributed by atoms with Crippen molar-refractivity contribution in [3.05, 3.63) is 29.3 Å². The molecule has 1 fully saturated rings. The van der Waals surface area contributed by atoms with Crippen molar-refractivity contribution in [1.82, 2.24) is 4.31 Å². The topological polar surface area (TPSA) is 57.6 Å². The van der Waals surface area contributed by atoms with Crippen LogP contribution in [0.4, 0.5) is 0 Å². The third kappa shape index (κ3) is 3.00. The fourth-order valence-electron chi connectivity index (χ4n) is 3.21. The van der Waals surface area contributed by atoms with Crippen molar-refractivity contribution in [2.24, 2.45) is 0 Å². The normalized spacial score (nSPS) is 23.6. The molecule has 1 N–H and O–H groups in total.